The molecule has 0 amide bonds. The van der Waals surface area contributed by atoms with Gasteiger partial charge in [0.1, 0.15) is 5.75 Å². The van der Waals surface area contributed by atoms with Gasteiger partial charge in [0.2, 0.25) is 0 Å². The Hall–Kier alpha value is -1.76. The van der Waals surface area contributed by atoms with Gasteiger partial charge in [-0.3, -0.25) is 0 Å². The molecule has 21 heavy (non-hydrogen) atoms. The minimum atomic E-state index is 1.00. The highest BCUT2D eigenvalue weighted by atomic mass is 16.5. The van der Waals surface area contributed by atoms with Crippen LogP contribution < -0.4 is 4.74 Å². The molecule has 0 radical (unpaired) electrons. The van der Waals surface area contributed by atoms with Crippen molar-refractivity contribution in [2.45, 2.75) is 46.5 Å². The van der Waals surface area contributed by atoms with Gasteiger partial charge < -0.3 is 4.74 Å². The van der Waals surface area contributed by atoms with Crippen molar-refractivity contribution < 1.29 is 4.74 Å². The van der Waals surface area contributed by atoms with E-state index in [0.29, 0.717) is 0 Å². The molecule has 1 nitrogen and oxygen atoms in total. The summed E-state index contributed by atoms with van der Waals surface area (Å²) in [5, 5.41) is 0. The first kappa shape index (κ1) is 17.3. The largest absolute Gasteiger partial charge is 0.496 e. The predicted octanol–water partition coefficient (Wildman–Crippen LogP) is 5.60. The van der Waals surface area contributed by atoms with Crippen LogP contribution in [0.15, 0.2) is 48.5 Å². The van der Waals surface area contributed by atoms with Crippen LogP contribution in [0, 0.1) is 6.92 Å². The first-order valence-electron chi connectivity index (χ1n) is 7.97. The molecule has 0 unspecified atom stereocenters. The van der Waals surface area contributed by atoms with Crippen molar-refractivity contribution in [1.82, 2.24) is 0 Å². The summed E-state index contributed by atoms with van der Waals surface area (Å²) >= 11 is 0. The van der Waals surface area contributed by atoms with E-state index in [9.17, 15) is 0 Å². The highest BCUT2D eigenvalue weighted by Crippen LogP contribution is 2.22. The molecule has 2 aromatic rings. The highest BCUT2D eigenvalue weighted by Gasteiger charge is 2.03. The quantitative estimate of drug-likeness (QED) is 0.628. The fourth-order valence-electron chi connectivity index (χ4n) is 2.44. The average Bonchev–Trinajstić information content (AvgIpc) is 2.56. The van der Waals surface area contributed by atoms with Crippen LogP contribution in [0.3, 0.4) is 0 Å². The maximum Gasteiger partial charge on any atom is 0.122 e. The van der Waals surface area contributed by atoms with Crippen LogP contribution in [0.4, 0.5) is 0 Å². The molecule has 0 N–H and O–H groups in total. The molecule has 0 aromatic heterocycles. The van der Waals surface area contributed by atoms with Gasteiger partial charge in [0.25, 0.3) is 0 Å². The zero-order valence-corrected chi connectivity index (χ0v) is 13.9. The molecule has 1 heteroatoms. The number of methoxy groups -OCH3 is 1. The number of hydrogen-bond donors (Lipinski definition) is 0. The third-order valence-electron chi connectivity index (χ3n) is 3.62. The zero-order valence-electron chi connectivity index (χ0n) is 13.9. The summed E-state index contributed by atoms with van der Waals surface area (Å²) in [5.41, 5.74) is 4.13. The Balaban J connectivity index is 0.00000106. The Morgan fingerprint density at radius 2 is 1.48 bits per heavy atom. The summed E-state index contributed by atoms with van der Waals surface area (Å²) in [6.45, 7) is 6.14. The molecule has 0 aliphatic carbocycles. The van der Waals surface area contributed by atoms with E-state index in [0.717, 1.165) is 12.2 Å². The minimum Gasteiger partial charge on any atom is -0.496 e. The van der Waals surface area contributed by atoms with Crippen molar-refractivity contribution in [3.8, 4) is 5.75 Å². The van der Waals surface area contributed by atoms with E-state index >= 15 is 0 Å². The average molecular weight is 284 g/mol. The van der Waals surface area contributed by atoms with Crippen molar-refractivity contribution in [3.63, 3.8) is 0 Å². The molecule has 0 spiro atoms. The SMILES string of the molecule is CC.COc1cccc(CCCCc2ccccc2)c1C. The van der Waals surface area contributed by atoms with Gasteiger partial charge in [-0.25, -0.2) is 0 Å². The summed E-state index contributed by atoms with van der Waals surface area (Å²) in [4.78, 5) is 0. The third-order valence-corrected chi connectivity index (χ3v) is 3.62. The van der Waals surface area contributed by atoms with Crippen molar-refractivity contribution in [1.29, 1.82) is 0 Å². The number of benzene rings is 2. The fraction of sp³-hybridized carbons (Fsp3) is 0.400. The maximum absolute atomic E-state index is 5.36. The van der Waals surface area contributed by atoms with Crippen LogP contribution in [0.25, 0.3) is 0 Å². The van der Waals surface area contributed by atoms with Crippen molar-refractivity contribution in [2.24, 2.45) is 0 Å². The summed E-state index contributed by atoms with van der Waals surface area (Å²) in [6.07, 6.45) is 4.77. The second-order valence-electron chi connectivity index (χ2n) is 4.94. The van der Waals surface area contributed by atoms with Gasteiger partial charge >= 0.3 is 0 Å². The second-order valence-corrected chi connectivity index (χ2v) is 4.94. The molecule has 2 aromatic carbocycles. The Morgan fingerprint density at radius 3 is 2.14 bits per heavy atom. The van der Waals surface area contributed by atoms with Crippen molar-refractivity contribution in [3.05, 3.63) is 65.2 Å². The van der Waals surface area contributed by atoms with E-state index < -0.39 is 0 Å². The van der Waals surface area contributed by atoms with E-state index in [2.05, 4.69) is 49.4 Å². The van der Waals surface area contributed by atoms with Gasteiger partial charge in [0.05, 0.1) is 7.11 Å². The van der Waals surface area contributed by atoms with Crippen molar-refractivity contribution in [2.75, 3.05) is 7.11 Å². The number of ether oxygens (including phenoxy) is 1. The standard InChI is InChI=1S/C18H22O.C2H6/c1-15-17(13-8-14-18(15)19-2)12-7-6-11-16-9-4-3-5-10-16;1-2/h3-5,8-10,13-14H,6-7,11-12H2,1-2H3;1-2H3. The molecular weight excluding hydrogens is 256 g/mol. The van der Waals surface area contributed by atoms with Crippen LogP contribution in [-0.2, 0) is 12.8 Å². The summed E-state index contributed by atoms with van der Waals surface area (Å²) in [6, 6.07) is 17.0. The fourth-order valence-corrected chi connectivity index (χ4v) is 2.44. The first-order chi connectivity index (χ1) is 10.3. The molecule has 0 saturated heterocycles. The molecule has 2 rings (SSSR count). The Bertz CT molecular complexity index is 503. The second kappa shape index (κ2) is 10.0. The predicted molar refractivity (Wildman–Crippen MR) is 92.2 cm³/mol. The molecular formula is C20H28O. The number of unbranched alkanes of at least 4 members (excludes halogenated alkanes) is 1. The molecule has 0 saturated carbocycles. The zero-order chi connectivity index (χ0) is 15.5. The van der Waals surface area contributed by atoms with E-state index in [1.165, 1.54) is 36.0 Å². The Kier molecular flexibility index (Phi) is 8.27. The van der Waals surface area contributed by atoms with E-state index in [4.69, 9.17) is 4.74 Å². The van der Waals surface area contributed by atoms with Gasteiger partial charge in [-0.15, -0.1) is 0 Å². The number of hydrogen-bond acceptors (Lipinski definition) is 1. The lowest BCUT2D eigenvalue weighted by Crippen LogP contribution is -1.95. The van der Waals surface area contributed by atoms with Crippen LogP contribution in [0.1, 0.15) is 43.4 Å². The molecule has 0 aliphatic heterocycles. The number of aryl methyl sites for hydroxylation is 2. The van der Waals surface area contributed by atoms with Gasteiger partial charge in [-0.2, -0.15) is 0 Å². The van der Waals surface area contributed by atoms with E-state index in [1.54, 1.807) is 7.11 Å². The lowest BCUT2D eigenvalue weighted by atomic mass is 10.00. The van der Waals surface area contributed by atoms with Crippen molar-refractivity contribution >= 4 is 0 Å². The van der Waals surface area contributed by atoms with Crippen LogP contribution in [0.5, 0.6) is 5.75 Å². The smallest absolute Gasteiger partial charge is 0.122 e. The van der Waals surface area contributed by atoms with Gasteiger partial charge in [-0.1, -0.05) is 56.3 Å². The Labute approximate surface area is 130 Å². The minimum absolute atomic E-state index is 1.00. The van der Waals surface area contributed by atoms with Gasteiger partial charge in [0, 0.05) is 0 Å². The van der Waals surface area contributed by atoms with Gasteiger partial charge in [-0.05, 0) is 55.4 Å². The normalized spacial score (nSPS) is 9.71. The van der Waals surface area contributed by atoms with E-state index in [1.807, 2.05) is 19.9 Å². The molecule has 0 fully saturated rings. The van der Waals surface area contributed by atoms with Crippen LogP contribution in [0.2, 0.25) is 0 Å². The molecule has 0 heterocycles. The van der Waals surface area contributed by atoms with Crippen LogP contribution >= 0.6 is 0 Å². The third kappa shape index (κ3) is 5.63. The van der Waals surface area contributed by atoms with Gasteiger partial charge in [0.15, 0.2) is 0 Å². The topological polar surface area (TPSA) is 9.23 Å². The first-order valence-corrected chi connectivity index (χ1v) is 7.97. The lowest BCUT2D eigenvalue weighted by Gasteiger charge is -2.10. The molecule has 0 bridgehead atoms. The lowest BCUT2D eigenvalue weighted by molar-refractivity contribution is 0.411. The monoisotopic (exact) mass is 284 g/mol. The Morgan fingerprint density at radius 1 is 0.810 bits per heavy atom. The van der Waals surface area contributed by atoms with E-state index in [-0.39, 0.29) is 0 Å². The molecule has 0 atom stereocenters. The van der Waals surface area contributed by atoms with Crippen LogP contribution in [-0.4, -0.2) is 7.11 Å². The maximum atomic E-state index is 5.36. The molecule has 0 aliphatic rings. The summed E-state index contributed by atoms with van der Waals surface area (Å²) in [5.74, 6) is 1.00. The summed E-state index contributed by atoms with van der Waals surface area (Å²) in [7, 11) is 1.74. The highest BCUT2D eigenvalue weighted by molar-refractivity contribution is 5.39. The molecule has 114 valence electrons. The summed E-state index contributed by atoms with van der Waals surface area (Å²) < 4.78 is 5.36. The number of rotatable bonds is 6.